The van der Waals surface area contributed by atoms with Crippen LogP contribution in [0.25, 0.3) is 0 Å². The number of piperazine rings is 1. The van der Waals surface area contributed by atoms with Gasteiger partial charge in [0.15, 0.2) is 19.7 Å². The van der Waals surface area contributed by atoms with Gasteiger partial charge in [0.05, 0.1) is 23.9 Å². The summed E-state index contributed by atoms with van der Waals surface area (Å²) in [6.07, 6.45) is 0. The number of hydrogen-bond acceptors (Lipinski definition) is 7. The van der Waals surface area contributed by atoms with Crippen molar-refractivity contribution in [3.8, 4) is 5.75 Å². The van der Waals surface area contributed by atoms with Crippen LogP contribution in [-0.4, -0.2) is 88.6 Å². The Morgan fingerprint density at radius 2 is 1.79 bits per heavy atom. The molecule has 0 N–H and O–H groups in total. The number of ether oxygens (including phenoxy) is 1. The monoisotopic (exact) mass is 430 g/mol. The van der Waals surface area contributed by atoms with Crippen LogP contribution in [0.15, 0.2) is 23.1 Å². The molecule has 0 bridgehead atoms. The molecule has 1 amide bonds. The zero-order chi connectivity index (χ0) is 20.7. The standard InChI is InChI=1S/C18H26N2O6S2/c1-13-4-5-16(26-3)17(10-13)28(24,25)18-12-27(22,23)11-15(18)20-8-6-19(7-9-20)14(2)21/h4-5,10,15,18H,6-9,11-12H2,1-3H3/t15-,18+/m1/s1. The molecular formula is C18H26N2O6S2. The van der Waals surface area contributed by atoms with Crippen molar-refractivity contribution in [2.75, 3.05) is 44.8 Å². The van der Waals surface area contributed by atoms with Crippen LogP contribution < -0.4 is 4.74 Å². The predicted octanol–water partition coefficient (Wildman–Crippen LogP) is 0.107. The van der Waals surface area contributed by atoms with E-state index in [1.807, 2.05) is 4.90 Å². The molecule has 0 aliphatic carbocycles. The van der Waals surface area contributed by atoms with Crippen molar-refractivity contribution in [3.63, 3.8) is 0 Å². The number of carbonyl (C=O) groups is 1. The molecule has 2 aliphatic heterocycles. The lowest BCUT2D eigenvalue weighted by Crippen LogP contribution is -2.55. The Morgan fingerprint density at radius 3 is 2.36 bits per heavy atom. The quantitative estimate of drug-likeness (QED) is 0.668. The molecule has 0 spiro atoms. The molecule has 0 radical (unpaired) electrons. The van der Waals surface area contributed by atoms with E-state index in [2.05, 4.69) is 0 Å². The summed E-state index contributed by atoms with van der Waals surface area (Å²) in [4.78, 5) is 15.2. The highest BCUT2D eigenvalue weighted by molar-refractivity contribution is 7.96. The third-order valence-electron chi connectivity index (χ3n) is 5.52. The van der Waals surface area contributed by atoms with Gasteiger partial charge in [-0.3, -0.25) is 9.69 Å². The first-order chi connectivity index (χ1) is 13.0. The molecule has 1 aromatic carbocycles. The van der Waals surface area contributed by atoms with E-state index in [-0.39, 0.29) is 22.3 Å². The second-order valence-electron chi connectivity index (χ2n) is 7.42. The molecule has 0 aromatic heterocycles. The van der Waals surface area contributed by atoms with Gasteiger partial charge in [0, 0.05) is 39.1 Å². The molecule has 10 heteroatoms. The van der Waals surface area contributed by atoms with Gasteiger partial charge in [0.25, 0.3) is 0 Å². The lowest BCUT2D eigenvalue weighted by Gasteiger charge is -2.39. The summed E-state index contributed by atoms with van der Waals surface area (Å²) in [6.45, 7) is 5.11. The zero-order valence-electron chi connectivity index (χ0n) is 16.3. The molecule has 2 fully saturated rings. The van der Waals surface area contributed by atoms with Gasteiger partial charge in [-0.1, -0.05) is 6.07 Å². The highest BCUT2D eigenvalue weighted by Crippen LogP contribution is 2.34. The molecule has 0 saturated carbocycles. The van der Waals surface area contributed by atoms with E-state index in [1.165, 1.54) is 20.1 Å². The molecule has 3 rings (SSSR count). The molecular weight excluding hydrogens is 404 g/mol. The van der Waals surface area contributed by atoms with Crippen molar-refractivity contribution in [3.05, 3.63) is 23.8 Å². The van der Waals surface area contributed by atoms with Gasteiger partial charge in [-0.05, 0) is 24.6 Å². The van der Waals surface area contributed by atoms with Gasteiger partial charge >= 0.3 is 0 Å². The van der Waals surface area contributed by atoms with Crippen molar-refractivity contribution in [1.29, 1.82) is 0 Å². The average molecular weight is 431 g/mol. The summed E-state index contributed by atoms with van der Waals surface area (Å²) in [5, 5.41) is -1.06. The Bertz CT molecular complexity index is 966. The topological polar surface area (TPSA) is 101 Å². The van der Waals surface area contributed by atoms with Crippen LogP contribution in [0.3, 0.4) is 0 Å². The lowest BCUT2D eigenvalue weighted by atomic mass is 10.2. The number of aryl methyl sites for hydroxylation is 1. The molecule has 2 aliphatic rings. The summed E-state index contributed by atoms with van der Waals surface area (Å²) < 4.78 is 56.9. The highest BCUT2D eigenvalue weighted by Gasteiger charge is 2.49. The summed E-state index contributed by atoms with van der Waals surface area (Å²) in [7, 11) is -6.02. The molecule has 156 valence electrons. The maximum atomic E-state index is 13.4. The Labute approximate surface area is 166 Å². The van der Waals surface area contributed by atoms with E-state index < -0.39 is 36.7 Å². The minimum Gasteiger partial charge on any atom is -0.495 e. The van der Waals surface area contributed by atoms with Gasteiger partial charge in [0.1, 0.15) is 10.6 Å². The number of hydrogen-bond donors (Lipinski definition) is 0. The number of methoxy groups -OCH3 is 1. The first-order valence-corrected chi connectivity index (χ1v) is 12.5. The van der Waals surface area contributed by atoms with E-state index in [9.17, 15) is 21.6 Å². The van der Waals surface area contributed by atoms with Crippen LogP contribution in [0.1, 0.15) is 12.5 Å². The first kappa shape index (κ1) is 21.1. The maximum Gasteiger partial charge on any atom is 0.219 e. The first-order valence-electron chi connectivity index (χ1n) is 9.13. The molecule has 2 heterocycles. The smallest absolute Gasteiger partial charge is 0.219 e. The maximum absolute atomic E-state index is 13.4. The van der Waals surface area contributed by atoms with E-state index in [0.29, 0.717) is 26.2 Å². The normalized spacial score (nSPS) is 25.6. The van der Waals surface area contributed by atoms with E-state index in [1.54, 1.807) is 24.0 Å². The summed E-state index contributed by atoms with van der Waals surface area (Å²) >= 11 is 0. The lowest BCUT2D eigenvalue weighted by molar-refractivity contribution is -0.130. The second kappa shape index (κ2) is 7.64. The fourth-order valence-corrected chi connectivity index (χ4v) is 9.04. The molecule has 1 aromatic rings. The van der Waals surface area contributed by atoms with E-state index in [4.69, 9.17) is 4.74 Å². The van der Waals surface area contributed by atoms with Crippen LogP contribution >= 0.6 is 0 Å². The number of amides is 1. The highest BCUT2D eigenvalue weighted by atomic mass is 32.2. The molecule has 2 saturated heterocycles. The van der Waals surface area contributed by atoms with E-state index in [0.717, 1.165) is 5.56 Å². The van der Waals surface area contributed by atoms with Gasteiger partial charge in [0.2, 0.25) is 5.91 Å². The fraction of sp³-hybridized carbons (Fsp3) is 0.611. The number of carbonyl (C=O) groups excluding carboxylic acids is 1. The van der Waals surface area contributed by atoms with Crippen LogP contribution in [0.4, 0.5) is 0 Å². The molecule has 8 nitrogen and oxygen atoms in total. The zero-order valence-corrected chi connectivity index (χ0v) is 17.9. The van der Waals surface area contributed by atoms with Gasteiger partial charge < -0.3 is 9.64 Å². The van der Waals surface area contributed by atoms with Crippen LogP contribution in [0.2, 0.25) is 0 Å². The molecule has 2 atom stereocenters. The number of nitrogens with zero attached hydrogens (tertiary/aromatic N) is 2. The average Bonchev–Trinajstić information content (AvgIpc) is 2.98. The summed E-state index contributed by atoms with van der Waals surface area (Å²) in [5.74, 6) is -0.405. The SMILES string of the molecule is COc1ccc(C)cc1S(=O)(=O)[C@H]1CS(=O)(=O)C[C@H]1N1CCN(C(C)=O)CC1. The third kappa shape index (κ3) is 4.04. The Morgan fingerprint density at radius 1 is 1.14 bits per heavy atom. The number of rotatable bonds is 4. The Balaban J connectivity index is 1.95. The fourth-order valence-electron chi connectivity index (χ4n) is 3.97. The predicted molar refractivity (Wildman–Crippen MR) is 105 cm³/mol. The summed E-state index contributed by atoms with van der Waals surface area (Å²) in [5.41, 5.74) is 0.756. The van der Waals surface area contributed by atoms with Crippen molar-refractivity contribution in [2.24, 2.45) is 0 Å². The summed E-state index contributed by atoms with van der Waals surface area (Å²) in [6, 6.07) is 4.24. The van der Waals surface area contributed by atoms with E-state index >= 15 is 0 Å². The number of sulfone groups is 2. The Hall–Kier alpha value is -1.65. The minimum absolute atomic E-state index is 0.0319. The van der Waals surface area contributed by atoms with Crippen molar-refractivity contribution in [1.82, 2.24) is 9.80 Å². The van der Waals surface area contributed by atoms with Crippen LogP contribution in [0.5, 0.6) is 5.75 Å². The number of benzene rings is 1. The largest absolute Gasteiger partial charge is 0.495 e. The van der Waals surface area contributed by atoms with Crippen molar-refractivity contribution < 1.29 is 26.4 Å². The van der Waals surface area contributed by atoms with Crippen molar-refractivity contribution in [2.45, 2.75) is 30.0 Å². The second-order valence-corrected chi connectivity index (χ2v) is 11.7. The van der Waals surface area contributed by atoms with Gasteiger partial charge in [-0.2, -0.15) is 0 Å². The van der Waals surface area contributed by atoms with Crippen LogP contribution in [-0.2, 0) is 24.5 Å². The third-order valence-corrected chi connectivity index (χ3v) is 9.66. The molecule has 28 heavy (non-hydrogen) atoms. The minimum atomic E-state index is -3.93. The van der Waals surface area contributed by atoms with Gasteiger partial charge in [-0.15, -0.1) is 0 Å². The Kier molecular flexibility index (Phi) is 5.75. The van der Waals surface area contributed by atoms with Crippen molar-refractivity contribution >= 4 is 25.6 Å². The van der Waals surface area contributed by atoms with Gasteiger partial charge in [-0.25, -0.2) is 16.8 Å². The molecule has 0 unspecified atom stereocenters. The van der Waals surface area contributed by atoms with Crippen LogP contribution in [0, 0.1) is 6.92 Å².